The van der Waals surface area contributed by atoms with Crippen LogP contribution in [0.3, 0.4) is 0 Å². The van der Waals surface area contributed by atoms with E-state index in [9.17, 15) is 18.9 Å². The molecule has 2 heterocycles. The number of alkyl halides is 2. The molecule has 0 N–H and O–H groups in total. The van der Waals surface area contributed by atoms with Gasteiger partial charge >= 0.3 is 5.82 Å². The summed E-state index contributed by atoms with van der Waals surface area (Å²) in [5.74, 6) is -0.295. The van der Waals surface area contributed by atoms with Gasteiger partial charge in [0.25, 0.3) is 0 Å². The van der Waals surface area contributed by atoms with Crippen LogP contribution in [0.2, 0.25) is 0 Å². The Morgan fingerprint density at radius 1 is 1.69 bits per heavy atom. The molecule has 1 aromatic heterocycles. The van der Waals surface area contributed by atoms with Gasteiger partial charge in [0, 0.05) is 6.42 Å². The van der Waals surface area contributed by atoms with Crippen LogP contribution < -0.4 is 0 Å². The maximum Gasteiger partial charge on any atom is 0.390 e. The second kappa shape index (κ2) is 4.15. The first-order valence-corrected chi connectivity index (χ1v) is 5.05. The Hall–Kier alpha value is -1.53. The highest BCUT2D eigenvalue weighted by Crippen LogP contribution is 2.27. The molecule has 88 valence electrons. The zero-order valence-corrected chi connectivity index (χ0v) is 8.47. The Kier molecular flexibility index (Phi) is 2.84. The first-order valence-electron chi connectivity index (χ1n) is 5.05. The number of nitro groups is 1. The predicted molar refractivity (Wildman–Crippen MR) is 51.3 cm³/mol. The summed E-state index contributed by atoms with van der Waals surface area (Å²) in [5, 5.41) is 14.3. The van der Waals surface area contributed by atoms with Crippen LogP contribution in [0.5, 0.6) is 0 Å². The van der Waals surface area contributed by atoms with Gasteiger partial charge in [0.2, 0.25) is 6.43 Å². The van der Waals surface area contributed by atoms with E-state index < -0.39 is 11.3 Å². The van der Waals surface area contributed by atoms with E-state index in [0.29, 0.717) is 25.1 Å². The summed E-state index contributed by atoms with van der Waals surface area (Å²) in [5.41, 5.74) is 0.684. The Bertz CT molecular complexity index is 405. The molecule has 0 radical (unpaired) electrons. The molecule has 0 saturated carbocycles. The third-order valence-electron chi connectivity index (χ3n) is 2.80. The lowest BCUT2D eigenvalue weighted by atomic mass is 9.93. The summed E-state index contributed by atoms with van der Waals surface area (Å²) in [7, 11) is 0. The summed E-state index contributed by atoms with van der Waals surface area (Å²) >= 11 is 0. The highest BCUT2D eigenvalue weighted by molar-refractivity contribution is 5.23. The SMILES string of the molecule is O=[N+]([O-])c1cc2n(n1)CCC(CC(F)F)C2. The van der Waals surface area contributed by atoms with Crippen LogP contribution in [-0.2, 0) is 13.0 Å². The van der Waals surface area contributed by atoms with Crippen molar-refractivity contribution in [3.05, 3.63) is 21.9 Å². The largest absolute Gasteiger partial charge is 0.390 e. The molecule has 0 saturated heterocycles. The molecule has 0 aliphatic carbocycles. The average Bonchev–Trinajstić information content (AvgIpc) is 2.59. The van der Waals surface area contributed by atoms with Crippen molar-refractivity contribution in [2.24, 2.45) is 5.92 Å². The molecule has 1 aliphatic rings. The molecule has 0 fully saturated rings. The van der Waals surface area contributed by atoms with E-state index in [2.05, 4.69) is 5.10 Å². The van der Waals surface area contributed by atoms with E-state index in [1.165, 1.54) is 6.07 Å². The van der Waals surface area contributed by atoms with E-state index in [0.717, 1.165) is 0 Å². The van der Waals surface area contributed by atoms with E-state index >= 15 is 0 Å². The first kappa shape index (κ1) is 11.0. The summed E-state index contributed by atoms with van der Waals surface area (Å²) in [6.45, 7) is 0.487. The number of aromatic nitrogens is 2. The summed E-state index contributed by atoms with van der Waals surface area (Å²) in [6.07, 6.45) is -1.39. The molecule has 0 bridgehead atoms. The minimum Gasteiger partial charge on any atom is -0.358 e. The number of fused-ring (bicyclic) bond motifs is 1. The van der Waals surface area contributed by atoms with Crippen molar-refractivity contribution in [3.63, 3.8) is 0 Å². The van der Waals surface area contributed by atoms with Crippen molar-refractivity contribution in [1.29, 1.82) is 0 Å². The monoisotopic (exact) mass is 231 g/mol. The lowest BCUT2D eigenvalue weighted by molar-refractivity contribution is -0.389. The molecule has 0 amide bonds. The second-order valence-electron chi connectivity index (χ2n) is 3.96. The van der Waals surface area contributed by atoms with E-state index in [1.807, 2.05) is 0 Å². The van der Waals surface area contributed by atoms with Crippen molar-refractivity contribution in [2.75, 3.05) is 0 Å². The Labute approximate surface area is 90.2 Å². The third kappa shape index (κ3) is 2.17. The molecule has 1 atom stereocenters. The molecule has 5 nitrogen and oxygen atoms in total. The smallest absolute Gasteiger partial charge is 0.358 e. The Morgan fingerprint density at radius 3 is 3.06 bits per heavy atom. The number of rotatable bonds is 3. The van der Waals surface area contributed by atoms with Crippen LogP contribution in [0.1, 0.15) is 18.5 Å². The van der Waals surface area contributed by atoms with Crippen molar-refractivity contribution in [1.82, 2.24) is 9.78 Å². The lowest BCUT2D eigenvalue weighted by Gasteiger charge is -2.20. The Balaban J connectivity index is 2.11. The van der Waals surface area contributed by atoms with Gasteiger partial charge in [0.1, 0.15) is 0 Å². The minimum absolute atomic E-state index is 0.0937. The van der Waals surface area contributed by atoms with Crippen LogP contribution in [-0.4, -0.2) is 21.1 Å². The van der Waals surface area contributed by atoms with Crippen LogP contribution in [0, 0.1) is 16.0 Å². The Morgan fingerprint density at radius 2 is 2.44 bits per heavy atom. The van der Waals surface area contributed by atoms with Gasteiger partial charge in [-0.1, -0.05) is 0 Å². The quantitative estimate of drug-likeness (QED) is 0.590. The third-order valence-corrected chi connectivity index (χ3v) is 2.80. The van der Waals surface area contributed by atoms with Gasteiger partial charge < -0.3 is 10.1 Å². The predicted octanol–water partition coefficient (Wildman–Crippen LogP) is 2.01. The van der Waals surface area contributed by atoms with Crippen molar-refractivity contribution in [3.8, 4) is 0 Å². The summed E-state index contributed by atoms with van der Waals surface area (Å²) in [6, 6.07) is 1.37. The van der Waals surface area contributed by atoms with Gasteiger partial charge in [0.05, 0.1) is 23.4 Å². The molecule has 1 aliphatic heterocycles. The molecule has 0 aromatic carbocycles. The van der Waals surface area contributed by atoms with Crippen LogP contribution >= 0.6 is 0 Å². The van der Waals surface area contributed by atoms with Crippen LogP contribution in [0.4, 0.5) is 14.6 Å². The molecule has 7 heteroatoms. The summed E-state index contributed by atoms with van der Waals surface area (Å²) in [4.78, 5) is 9.93. The maximum atomic E-state index is 12.2. The van der Waals surface area contributed by atoms with E-state index in [1.54, 1.807) is 4.68 Å². The maximum absolute atomic E-state index is 12.2. The average molecular weight is 231 g/mol. The van der Waals surface area contributed by atoms with Crippen molar-refractivity contribution >= 4 is 5.82 Å². The van der Waals surface area contributed by atoms with Gasteiger partial charge in [0.15, 0.2) is 0 Å². The number of hydrogen-bond acceptors (Lipinski definition) is 3. The molecular formula is C9H11F2N3O2. The zero-order chi connectivity index (χ0) is 11.7. The van der Waals surface area contributed by atoms with E-state index in [4.69, 9.17) is 0 Å². The number of nitrogens with zero attached hydrogens (tertiary/aromatic N) is 3. The van der Waals surface area contributed by atoms with Crippen LogP contribution in [0.25, 0.3) is 0 Å². The zero-order valence-electron chi connectivity index (χ0n) is 8.47. The fourth-order valence-electron chi connectivity index (χ4n) is 2.04. The molecule has 1 aromatic rings. The minimum atomic E-state index is -2.31. The number of hydrogen-bond donors (Lipinski definition) is 0. The molecule has 2 rings (SSSR count). The van der Waals surface area contributed by atoms with E-state index in [-0.39, 0.29) is 18.2 Å². The highest BCUT2D eigenvalue weighted by Gasteiger charge is 2.27. The number of halogens is 2. The standard InChI is InChI=1S/C9H11F2N3O2/c10-8(11)4-6-1-2-13-7(3-6)5-9(12-13)14(15)16/h5-6,8H,1-4H2. The normalized spacial score (nSPS) is 19.8. The molecule has 0 spiro atoms. The number of aryl methyl sites for hydroxylation is 1. The van der Waals surface area contributed by atoms with Gasteiger partial charge in [-0.15, -0.1) is 0 Å². The second-order valence-corrected chi connectivity index (χ2v) is 3.96. The lowest BCUT2D eigenvalue weighted by Crippen LogP contribution is -2.21. The topological polar surface area (TPSA) is 61.0 Å². The van der Waals surface area contributed by atoms with Gasteiger partial charge in [-0.25, -0.2) is 8.78 Å². The fourth-order valence-corrected chi connectivity index (χ4v) is 2.04. The van der Waals surface area contributed by atoms with Crippen molar-refractivity contribution in [2.45, 2.75) is 32.2 Å². The summed E-state index contributed by atoms with van der Waals surface area (Å²) < 4.78 is 25.9. The molecule has 16 heavy (non-hydrogen) atoms. The van der Waals surface area contributed by atoms with Gasteiger partial charge in [-0.2, -0.15) is 4.68 Å². The van der Waals surface area contributed by atoms with Crippen LogP contribution in [0.15, 0.2) is 6.07 Å². The van der Waals surface area contributed by atoms with Gasteiger partial charge in [-0.05, 0) is 23.7 Å². The first-order chi connectivity index (χ1) is 7.56. The van der Waals surface area contributed by atoms with Gasteiger partial charge in [-0.3, -0.25) is 0 Å². The molecular weight excluding hydrogens is 220 g/mol. The molecule has 1 unspecified atom stereocenters. The highest BCUT2D eigenvalue weighted by atomic mass is 19.3. The van der Waals surface area contributed by atoms with Crippen molar-refractivity contribution < 1.29 is 13.7 Å². The fraction of sp³-hybridized carbons (Fsp3) is 0.667.